The van der Waals surface area contributed by atoms with Crippen molar-refractivity contribution in [3.8, 4) is 0 Å². The topological polar surface area (TPSA) is 26.0 Å². The van der Waals surface area contributed by atoms with Gasteiger partial charge in [0.1, 0.15) is 0 Å². The Morgan fingerprint density at radius 2 is 1.62 bits per heavy atom. The first kappa shape index (κ1) is 15.8. The highest BCUT2D eigenvalue weighted by atomic mass is 14.6. The molecule has 0 radical (unpaired) electrons. The molecule has 1 nitrogen and oxygen atoms in total. The molecule has 0 heterocycles. The minimum Gasteiger partial charge on any atom is -0.320 e. The van der Waals surface area contributed by atoms with Gasteiger partial charge >= 0.3 is 0 Å². The van der Waals surface area contributed by atoms with Crippen LogP contribution < -0.4 is 5.73 Å². The van der Waals surface area contributed by atoms with Gasteiger partial charge in [0, 0.05) is 0 Å². The van der Waals surface area contributed by atoms with Gasteiger partial charge in [-0.15, -0.1) is 0 Å². The summed E-state index contributed by atoms with van der Waals surface area (Å²) >= 11 is 0. The molecule has 2 aromatic carbocycles. The maximum Gasteiger partial charge on any atom is 0.0554 e. The largest absolute Gasteiger partial charge is 0.320 e. The molecular weight excluding hydrogens is 254 g/mol. The van der Waals surface area contributed by atoms with Gasteiger partial charge in [0.2, 0.25) is 0 Å². The number of nitrogens with two attached hydrogens (primary N) is 1. The monoisotopic (exact) mass is 281 g/mol. The molecule has 2 rings (SSSR count). The van der Waals surface area contributed by atoms with Crippen LogP contribution in [0.15, 0.2) is 42.5 Å². The van der Waals surface area contributed by atoms with Crippen LogP contribution in [0.2, 0.25) is 0 Å². The summed E-state index contributed by atoms with van der Waals surface area (Å²) in [5.41, 5.74) is 13.0. The maximum absolute atomic E-state index is 6.46. The average Bonchev–Trinajstić information content (AvgIpc) is 2.47. The van der Waals surface area contributed by atoms with Crippen molar-refractivity contribution in [3.63, 3.8) is 0 Å². The van der Waals surface area contributed by atoms with E-state index in [1.165, 1.54) is 27.8 Å². The van der Waals surface area contributed by atoms with Gasteiger partial charge in [-0.1, -0.05) is 68.8 Å². The van der Waals surface area contributed by atoms with Crippen molar-refractivity contribution in [3.05, 3.63) is 70.3 Å². The van der Waals surface area contributed by atoms with E-state index in [2.05, 4.69) is 77.1 Å². The van der Waals surface area contributed by atoms with E-state index in [-0.39, 0.29) is 11.5 Å². The predicted octanol–water partition coefficient (Wildman–Crippen LogP) is 5.04. The van der Waals surface area contributed by atoms with Gasteiger partial charge in [0.15, 0.2) is 0 Å². The molecule has 1 unspecified atom stereocenters. The molecule has 1 heteroatoms. The predicted molar refractivity (Wildman–Crippen MR) is 91.7 cm³/mol. The summed E-state index contributed by atoms with van der Waals surface area (Å²) in [5.74, 6) is 0. The Balaban J connectivity index is 2.30. The van der Waals surface area contributed by atoms with Crippen LogP contribution in [0.25, 0.3) is 0 Å². The molecule has 0 aliphatic rings. The molecule has 2 aromatic rings. The van der Waals surface area contributed by atoms with Crippen molar-refractivity contribution < 1.29 is 0 Å². The molecule has 2 N–H and O–H groups in total. The van der Waals surface area contributed by atoms with Crippen molar-refractivity contribution in [2.45, 2.75) is 52.5 Å². The first-order valence-corrected chi connectivity index (χ1v) is 7.78. The fourth-order valence-electron chi connectivity index (χ4n) is 2.70. The van der Waals surface area contributed by atoms with Crippen LogP contribution >= 0.6 is 0 Å². The van der Waals surface area contributed by atoms with Crippen molar-refractivity contribution in [1.82, 2.24) is 0 Å². The van der Waals surface area contributed by atoms with Gasteiger partial charge in [0.25, 0.3) is 0 Å². The molecule has 1 atom stereocenters. The molecule has 0 spiro atoms. The van der Waals surface area contributed by atoms with Crippen LogP contribution in [0.4, 0.5) is 0 Å². The van der Waals surface area contributed by atoms with Crippen LogP contribution in [0, 0.1) is 13.8 Å². The highest BCUT2D eigenvalue weighted by Crippen LogP contribution is 2.29. The average molecular weight is 281 g/mol. The molecule has 0 aliphatic heterocycles. The van der Waals surface area contributed by atoms with Crippen LogP contribution in [0.3, 0.4) is 0 Å². The number of hydrogen-bond donors (Lipinski definition) is 1. The summed E-state index contributed by atoms with van der Waals surface area (Å²) in [6.07, 6.45) is 1.13. The Morgan fingerprint density at radius 3 is 2.14 bits per heavy atom. The normalized spacial score (nSPS) is 13.2. The smallest absolute Gasteiger partial charge is 0.0554 e. The van der Waals surface area contributed by atoms with E-state index >= 15 is 0 Å². The van der Waals surface area contributed by atoms with Gasteiger partial charge in [0.05, 0.1) is 6.04 Å². The summed E-state index contributed by atoms with van der Waals surface area (Å²) < 4.78 is 0. The van der Waals surface area contributed by atoms with Gasteiger partial charge in [-0.05, 0) is 47.9 Å². The SMILES string of the molecule is CCC(C)(C)c1ccc(C(N)c2ccc(C)cc2C)cc1. The summed E-state index contributed by atoms with van der Waals surface area (Å²) in [7, 11) is 0. The Kier molecular flexibility index (Phi) is 4.53. The third-order valence-electron chi connectivity index (χ3n) is 4.70. The number of benzene rings is 2. The second-order valence-electron chi connectivity index (χ2n) is 6.70. The molecule has 0 saturated heterocycles. The molecular formula is C20H27N. The van der Waals surface area contributed by atoms with Gasteiger partial charge in [-0.2, -0.15) is 0 Å². The van der Waals surface area contributed by atoms with Crippen LogP contribution in [-0.2, 0) is 5.41 Å². The molecule has 21 heavy (non-hydrogen) atoms. The van der Waals surface area contributed by atoms with Crippen molar-refractivity contribution in [2.75, 3.05) is 0 Å². The zero-order chi connectivity index (χ0) is 15.6. The van der Waals surface area contributed by atoms with E-state index in [1.807, 2.05) is 0 Å². The lowest BCUT2D eigenvalue weighted by molar-refractivity contribution is 0.506. The molecule has 0 aliphatic carbocycles. The lowest BCUT2D eigenvalue weighted by Gasteiger charge is -2.24. The second-order valence-corrected chi connectivity index (χ2v) is 6.70. The van der Waals surface area contributed by atoms with Gasteiger partial charge < -0.3 is 5.73 Å². The van der Waals surface area contributed by atoms with E-state index in [4.69, 9.17) is 5.73 Å². The van der Waals surface area contributed by atoms with Crippen LogP contribution in [0.5, 0.6) is 0 Å². The zero-order valence-corrected chi connectivity index (χ0v) is 13.9. The Bertz CT molecular complexity index is 608. The zero-order valence-electron chi connectivity index (χ0n) is 13.9. The summed E-state index contributed by atoms with van der Waals surface area (Å²) in [5, 5.41) is 0. The van der Waals surface area contributed by atoms with Crippen molar-refractivity contribution in [1.29, 1.82) is 0 Å². The second kappa shape index (κ2) is 6.03. The number of hydrogen-bond acceptors (Lipinski definition) is 1. The van der Waals surface area contributed by atoms with E-state index in [9.17, 15) is 0 Å². The van der Waals surface area contributed by atoms with E-state index in [1.54, 1.807) is 0 Å². The van der Waals surface area contributed by atoms with E-state index < -0.39 is 0 Å². The molecule has 0 saturated carbocycles. The van der Waals surface area contributed by atoms with Crippen LogP contribution in [-0.4, -0.2) is 0 Å². The lowest BCUT2D eigenvalue weighted by atomic mass is 9.81. The van der Waals surface area contributed by atoms with Crippen molar-refractivity contribution in [2.24, 2.45) is 5.73 Å². The fourth-order valence-corrected chi connectivity index (χ4v) is 2.70. The lowest BCUT2D eigenvalue weighted by Crippen LogP contribution is -2.17. The minimum absolute atomic E-state index is 0.0515. The summed E-state index contributed by atoms with van der Waals surface area (Å²) in [6.45, 7) is 11.0. The van der Waals surface area contributed by atoms with E-state index in [0.717, 1.165) is 6.42 Å². The number of rotatable bonds is 4. The fraction of sp³-hybridized carbons (Fsp3) is 0.400. The first-order chi connectivity index (χ1) is 9.85. The quantitative estimate of drug-likeness (QED) is 0.835. The Morgan fingerprint density at radius 1 is 1.00 bits per heavy atom. The Hall–Kier alpha value is -1.60. The minimum atomic E-state index is -0.0515. The standard InChI is InChI=1S/C20H27N/c1-6-20(4,5)17-10-8-16(9-11-17)19(21)18-12-7-14(2)13-15(18)3/h7-13,19H,6,21H2,1-5H3. The third kappa shape index (κ3) is 3.36. The third-order valence-corrected chi connectivity index (χ3v) is 4.70. The summed E-state index contributed by atoms with van der Waals surface area (Å²) in [6, 6.07) is 15.2. The Labute approximate surface area is 129 Å². The number of aryl methyl sites for hydroxylation is 2. The first-order valence-electron chi connectivity index (χ1n) is 7.78. The molecule has 0 bridgehead atoms. The van der Waals surface area contributed by atoms with E-state index in [0.29, 0.717) is 0 Å². The van der Waals surface area contributed by atoms with Crippen LogP contribution in [0.1, 0.15) is 61.1 Å². The molecule has 0 amide bonds. The molecule has 0 aromatic heterocycles. The van der Waals surface area contributed by atoms with Gasteiger partial charge in [-0.3, -0.25) is 0 Å². The summed E-state index contributed by atoms with van der Waals surface area (Å²) in [4.78, 5) is 0. The highest BCUT2D eigenvalue weighted by Gasteiger charge is 2.18. The van der Waals surface area contributed by atoms with Crippen molar-refractivity contribution >= 4 is 0 Å². The molecule has 112 valence electrons. The highest BCUT2D eigenvalue weighted by molar-refractivity contribution is 5.40. The molecule has 0 fully saturated rings. The maximum atomic E-state index is 6.46. The van der Waals surface area contributed by atoms with Gasteiger partial charge in [-0.25, -0.2) is 0 Å².